The molecule has 0 spiro atoms. The molecule has 0 saturated carbocycles. The van der Waals surface area contributed by atoms with Crippen molar-refractivity contribution in [2.75, 3.05) is 29.3 Å². The van der Waals surface area contributed by atoms with Crippen LogP contribution in [0.15, 0.2) is 41.3 Å². The fourth-order valence-corrected chi connectivity index (χ4v) is 4.91. The predicted molar refractivity (Wildman–Crippen MR) is 122 cm³/mol. The summed E-state index contributed by atoms with van der Waals surface area (Å²) in [5, 5.41) is 9.72. The average Bonchev–Trinajstić information content (AvgIpc) is 2.75. The SMILES string of the molecule is CCOC(=O)[C@H]1CCCN(c2ccc(NS(=O)(=O)c3ccc(C)c(C)c3)c(C(=O)O)c2)C1. The molecule has 1 aliphatic rings. The average molecular weight is 461 g/mol. The van der Waals surface area contributed by atoms with E-state index in [9.17, 15) is 23.1 Å². The second-order valence-electron chi connectivity index (χ2n) is 7.92. The number of benzene rings is 2. The van der Waals surface area contributed by atoms with E-state index < -0.39 is 16.0 Å². The van der Waals surface area contributed by atoms with E-state index in [0.717, 1.165) is 24.0 Å². The van der Waals surface area contributed by atoms with Crippen LogP contribution in [0.2, 0.25) is 0 Å². The van der Waals surface area contributed by atoms with Crippen LogP contribution < -0.4 is 9.62 Å². The van der Waals surface area contributed by atoms with E-state index in [1.54, 1.807) is 25.1 Å². The van der Waals surface area contributed by atoms with Crippen molar-refractivity contribution in [3.8, 4) is 0 Å². The van der Waals surface area contributed by atoms with Gasteiger partial charge < -0.3 is 14.7 Å². The first-order chi connectivity index (χ1) is 15.1. The highest BCUT2D eigenvalue weighted by molar-refractivity contribution is 7.92. The first kappa shape index (κ1) is 23.6. The second kappa shape index (κ2) is 9.60. The number of carboxylic acids is 1. The summed E-state index contributed by atoms with van der Waals surface area (Å²) in [6.45, 7) is 6.86. The summed E-state index contributed by atoms with van der Waals surface area (Å²) in [5.41, 5.74) is 2.22. The number of piperidine rings is 1. The van der Waals surface area contributed by atoms with Crippen molar-refractivity contribution in [3.05, 3.63) is 53.1 Å². The normalized spacial score (nSPS) is 16.5. The summed E-state index contributed by atoms with van der Waals surface area (Å²) in [7, 11) is -3.96. The molecular weight excluding hydrogens is 432 g/mol. The number of nitrogens with one attached hydrogen (secondary N) is 1. The van der Waals surface area contributed by atoms with Gasteiger partial charge >= 0.3 is 11.9 Å². The standard InChI is InChI=1S/C23H28N2O6S/c1-4-31-23(28)17-6-5-11-25(14-17)18-8-10-21(20(13-18)22(26)27)24-32(29,30)19-9-7-15(2)16(3)12-19/h7-10,12-13,17,24H,4-6,11,14H2,1-3H3,(H,26,27)/t17-/m0/s1. The molecular formula is C23H28N2O6S. The Kier molecular flexibility index (Phi) is 7.08. The highest BCUT2D eigenvalue weighted by Gasteiger charge is 2.28. The van der Waals surface area contributed by atoms with Gasteiger partial charge in [0.15, 0.2) is 0 Å². The minimum atomic E-state index is -3.96. The van der Waals surface area contributed by atoms with Crippen molar-refractivity contribution in [1.82, 2.24) is 0 Å². The zero-order valence-electron chi connectivity index (χ0n) is 18.4. The number of aromatic carboxylic acids is 1. The maximum atomic E-state index is 12.8. The monoisotopic (exact) mass is 460 g/mol. The second-order valence-corrected chi connectivity index (χ2v) is 9.61. The number of anilines is 2. The largest absolute Gasteiger partial charge is 0.478 e. The Morgan fingerprint density at radius 1 is 1.16 bits per heavy atom. The predicted octanol–water partition coefficient (Wildman–Crippen LogP) is 3.58. The molecule has 2 N–H and O–H groups in total. The first-order valence-corrected chi connectivity index (χ1v) is 12.0. The van der Waals surface area contributed by atoms with Gasteiger partial charge in [0.1, 0.15) is 0 Å². The van der Waals surface area contributed by atoms with Gasteiger partial charge in [0.2, 0.25) is 0 Å². The third kappa shape index (κ3) is 5.21. The van der Waals surface area contributed by atoms with Gasteiger partial charge in [-0.15, -0.1) is 0 Å². The summed E-state index contributed by atoms with van der Waals surface area (Å²) in [6.07, 6.45) is 1.49. The Labute approximate surface area is 188 Å². The molecule has 0 radical (unpaired) electrons. The van der Waals surface area contributed by atoms with E-state index in [2.05, 4.69) is 4.72 Å². The summed E-state index contributed by atoms with van der Waals surface area (Å²) < 4.78 is 33.2. The molecule has 3 rings (SSSR count). The third-order valence-corrected chi connectivity index (χ3v) is 7.04. The molecule has 0 amide bonds. The molecule has 172 valence electrons. The van der Waals surface area contributed by atoms with Gasteiger partial charge in [-0.1, -0.05) is 6.07 Å². The number of hydrogen-bond acceptors (Lipinski definition) is 6. The fourth-order valence-electron chi connectivity index (χ4n) is 3.74. The zero-order valence-corrected chi connectivity index (χ0v) is 19.2. The number of rotatable bonds is 7. The lowest BCUT2D eigenvalue weighted by Gasteiger charge is -2.33. The highest BCUT2D eigenvalue weighted by Crippen LogP contribution is 2.29. The molecule has 0 unspecified atom stereocenters. The van der Waals surface area contributed by atoms with Gasteiger partial charge in [-0.05, 0) is 75.1 Å². The Balaban J connectivity index is 1.87. The van der Waals surface area contributed by atoms with Crippen molar-refractivity contribution in [2.45, 2.75) is 38.5 Å². The summed E-state index contributed by atoms with van der Waals surface area (Å²) in [6, 6.07) is 9.30. The number of carbonyl (C=O) groups excluding carboxylic acids is 1. The lowest BCUT2D eigenvalue weighted by atomic mass is 9.97. The minimum absolute atomic E-state index is 0.0153. The van der Waals surface area contributed by atoms with Crippen LogP contribution in [0.4, 0.5) is 11.4 Å². The Morgan fingerprint density at radius 2 is 1.91 bits per heavy atom. The van der Waals surface area contributed by atoms with E-state index >= 15 is 0 Å². The van der Waals surface area contributed by atoms with Gasteiger partial charge in [0, 0.05) is 18.8 Å². The van der Waals surface area contributed by atoms with Crippen molar-refractivity contribution in [3.63, 3.8) is 0 Å². The van der Waals surface area contributed by atoms with Crippen molar-refractivity contribution < 1.29 is 27.9 Å². The van der Waals surface area contributed by atoms with Crippen LogP contribution in [-0.2, 0) is 19.6 Å². The first-order valence-electron chi connectivity index (χ1n) is 10.5. The Bertz CT molecular complexity index is 1130. The molecule has 1 aliphatic heterocycles. The topological polar surface area (TPSA) is 113 Å². The summed E-state index contributed by atoms with van der Waals surface area (Å²) in [4.78, 5) is 26.0. The molecule has 9 heteroatoms. The molecule has 1 saturated heterocycles. The molecule has 2 aromatic rings. The Morgan fingerprint density at radius 3 is 2.56 bits per heavy atom. The third-order valence-electron chi connectivity index (χ3n) is 5.67. The zero-order chi connectivity index (χ0) is 23.5. The van der Waals surface area contributed by atoms with Crippen LogP contribution in [0.25, 0.3) is 0 Å². The van der Waals surface area contributed by atoms with Gasteiger partial charge in [-0.3, -0.25) is 9.52 Å². The number of hydrogen-bond donors (Lipinski definition) is 2. The minimum Gasteiger partial charge on any atom is -0.478 e. The molecule has 2 aromatic carbocycles. The van der Waals surface area contributed by atoms with E-state index in [1.165, 1.54) is 18.2 Å². The molecule has 0 bridgehead atoms. The van der Waals surface area contributed by atoms with Crippen LogP contribution in [0.5, 0.6) is 0 Å². The van der Waals surface area contributed by atoms with Crippen LogP contribution in [0, 0.1) is 19.8 Å². The van der Waals surface area contributed by atoms with Crippen molar-refractivity contribution >= 4 is 33.3 Å². The number of carbonyl (C=O) groups is 2. The van der Waals surface area contributed by atoms with Crippen molar-refractivity contribution in [2.24, 2.45) is 5.92 Å². The number of sulfonamides is 1. The van der Waals surface area contributed by atoms with Crippen LogP contribution in [0.3, 0.4) is 0 Å². The molecule has 1 heterocycles. The number of nitrogens with zero attached hydrogens (tertiary/aromatic N) is 1. The number of aryl methyl sites for hydroxylation is 2. The van der Waals surface area contributed by atoms with Gasteiger partial charge in [-0.25, -0.2) is 13.2 Å². The molecule has 32 heavy (non-hydrogen) atoms. The number of esters is 1. The molecule has 8 nitrogen and oxygen atoms in total. The molecule has 1 fully saturated rings. The summed E-state index contributed by atoms with van der Waals surface area (Å²) in [5.74, 6) is -1.78. The lowest BCUT2D eigenvalue weighted by molar-refractivity contribution is -0.148. The molecule has 0 aliphatic carbocycles. The quantitative estimate of drug-likeness (QED) is 0.607. The fraction of sp³-hybridized carbons (Fsp3) is 0.391. The molecule has 1 atom stereocenters. The smallest absolute Gasteiger partial charge is 0.337 e. The van der Waals surface area contributed by atoms with Gasteiger partial charge in [-0.2, -0.15) is 0 Å². The van der Waals surface area contributed by atoms with Gasteiger partial charge in [0.25, 0.3) is 10.0 Å². The highest BCUT2D eigenvalue weighted by atomic mass is 32.2. The summed E-state index contributed by atoms with van der Waals surface area (Å²) >= 11 is 0. The van der Waals surface area contributed by atoms with E-state index in [4.69, 9.17) is 4.74 Å². The van der Waals surface area contributed by atoms with Crippen LogP contribution >= 0.6 is 0 Å². The van der Waals surface area contributed by atoms with Crippen molar-refractivity contribution in [1.29, 1.82) is 0 Å². The van der Waals surface area contributed by atoms with E-state index in [-0.39, 0.29) is 28.0 Å². The van der Waals surface area contributed by atoms with E-state index in [0.29, 0.717) is 25.4 Å². The number of ether oxygens (including phenoxy) is 1. The Hall–Kier alpha value is -3.07. The lowest BCUT2D eigenvalue weighted by Crippen LogP contribution is -2.39. The molecule has 0 aromatic heterocycles. The maximum absolute atomic E-state index is 12.8. The van der Waals surface area contributed by atoms with Crippen LogP contribution in [-0.4, -0.2) is 45.2 Å². The van der Waals surface area contributed by atoms with Gasteiger partial charge in [0.05, 0.1) is 28.7 Å². The number of carboxylic acid groups (broad SMARTS) is 1. The van der Waals surface area contributed by atoms with Crippen LogP contribution in [0.1, 0.15) is 41.3 Å². The maximum Gasteiger partial charge on any atom is 0.337 e. The van der Waals surface area contributed by atoms with E-state index in [1.807, 2.05) is 18.7 Å².